The maximum atomic E-state index is 12.1. The molecular formula is C19H16N2O2. The molecule has 0 aliphatic carbocycles. The average molecular weight is 304 g/mol. The first-order valence-electron chi connectivity index (χ1n) is 7.23. The van der Waals surface area contributed by atoms with Crippen LogP contribution >= 0.6 is 0 Å². The molecule has 0 bridgehead atoms. The highest BCUT2D eigenvalue weighted by atomic mass is 16.5. The van der Waals surface area contributed by atoms with Gasteiger partial charge in [0.25, 0.3) is 0 Å². The summed E-state index contributed by atoms with van der Waals surface area (Å²) in [5.41, 5.74) is 2.47. The Hall–Kier alpha value is -3.14. The lowest BCUT2D eigenvalue weighted by atomic mass is 10.1. The van der Waals surface area contributed by atoms with Crippen LogP contribution in [-0.2, 0) is 0 Å². The molecule has 3 aromatic rings. The largest absolute Gasteiger partial charge is 0.497 e. The minimum atomic E-state index is -0.0554. The summed E-state index contributed by atoms with van der Waals surface area (Å²) in [6, 6.07) is 16.9. The third kappa shape index (κ3) is 3.55. The van der Waals surface area contributed by atoms with Gasteiger partial charge in [-0.2, -0.15) is 5.10 Å². The molecule has 0 N–H and O–H groups in total. The second-order valence-corrected chi connectivity index (χ2v) is 4.98. The van der Waals surface area contributed by atoms with E-state index in [1.807, 2.05) is 36.5 Å². The van der Waals surface area contributed by atoms with Crippen LogP contribution in [0.1, 0.15) is 15.9 Å². The first-order valence-corrected chi connectivity index (χ1v) is 7.23. The van der Waals surface area contributed by atoms with E-state index >= 15 is 0 Å². The first kappa shape index (κ1) is 14.8. The lowest BCUT2D eigenvalue weighted by molar-refractivity contribution is 0.104. The summed E-state index contributed by atoms with van der Waals surface area (Å²) in [5, 5.41) is 4.30. The third-order valence-electron chi connectivity index (χ3n) is 3.42. The van der Waals surface area contributed by atoms with Crippen molar-refractivity contribution in [1.82, 2.24) is 9.78 Å². The first-order chi connectivity index (χ1) is 11.3. The number of allylic oxidation sites excluding steroid dienone is 1. The number of hydrogen-bond acceptors (Lipinski definition) is 3. The van der Waals surface area contributed by atoms with Gasteiger partial charge >= 0.3 is 0 Å². The van der Waals surface area contributed by atoms with Crippen LogP contribution in [0.25, 0.3) is 11.8 Å². The van der Waals surface area contributed by atoms with Crippen LogP contribution in [0.4, 0.5) is 0 Å². The fourth-order valence-corrected chi connectivity index (χ4v) is 2.17. The molecule has 0 unspecified atom stereocenters. The van der Waals surface area contributed by atoms with E-state index in [2.05, 4.69) is 5.10 Å². The Morgan fingerprint density at radius 1 is 1.09 bits per heavy atom. The van der Waals surface area contributed by atoms with E-state index in [-0.39, 0.29) is 5.78 Å². The van der Waals surface area contributed by atoms with Crippen molar-refractivity contribution in [2.24, 2.45) is 0 Å². The number of nitrogens with zero attached hydrogens (tertiary/aromatic N) is 2. The number of para-hydroxylation sites is 1. The summed E-state index contributed by atoms with van der Waals surface area (Å²) >= 11 is 0. The van der Waals surface area contributed by atoms with Gasteiger partial charge in [0.1, 0.15) is 5.75 Å². The highest BCUT2D eigenvalue weighted by Gasteiger charge is 2.03. The molecule has 3 rings (SSSR count). The Balaban J connectivity index is 1.72. The van der Waals surface area contributed by atoms with Crippen molar-refractivity contribution in [3.8, 4) is 11.4 Å². The molecule has 1 aromatic heterocycles. The van der Waals surface area contributed by atoms with Gasteiger partial charge in [-0.25, -0.2) is 4.68 Å². The van der Waals surface area contributed by atoms with Gasteiger partial charge in [0, 0.05) is 17.3 Å². The molecule has 0 aliphatic heterocycles. The summed E-state index contributed by atoms with van der Waals surface area (Å²) < 4.78 is 6.86. The Morgan fingerprint density at radius 3 is 2.52 bits per heavy atom. The van der Waals surface area contributed by atoms with Crippen LogP contribution in [0.5, 0.6) is 5.75 Å². The molecule has 0 atom stereocenters. The maximum Gasteiger partial charge on any atom is 0.185 e. The van der Waals surface area contributed by atoms with E-state index in [1.165, 1.54) is 0 Å². The summed E-state index contributed by atoms with van der Waals surface area (Å²) in [6.45, 7) is 0. The number of ketones is 1. The number of carbonyl (C=O) groups is 1. The van der Waals surface area contributed by atoms with Gasteiger partial charge in [-0.1, -0.05) is 18.2 Å². The van der Waals surface area contributed by atoms with E-state index in [0.717, 1.165) is 17.0 Å². The minimum Gasteiger partial charge on any atom is -0.497 e. The molecule has 0 amide bonds. The van der Waals surface area contributed by atoms with Crippen LogP contribution < -0.4 is 4.74 Å². The topological polar surface area (TPSA) is 44.1 Å². The van der Waals surface area contributed by atoms with E-state index in [1.54, 1.807) is 54.4 Å². The van der Waals surface area contributed by atoms with Gasteiger partial charge in [0.2, 0.25) is 0 Å². The molecule has 114 valence electrons. The molecule has 0 aliphatic rings. The van der Waals surface area contributed by atoms with E-state index in [0.29, 0.717) is 5.56 Å². The highest BCUT2D eigenvalue weighted by Crippen LogP contribution is 2.13. The second-order valence-electron chi connectivity index (χ2n) is 4.98. The van der Waals surface area contributed by atoms with Crippen LogP contribution in [0.2, 0.25) is 0 Å². The van der Waals surface area contributed by atoms with Crippen LogP contribution in [0.15, 0.2) is 73.1 Å². The zero-order chi connectivity index (χ0) is 16.1. The summed E-state index contributed by atoms with van der Waals surface area (Å²) in [6.07, 6.45) is 6.92. The quantitative estimate of drug-likeness (QED) is 0.532. The number of benzene rings is 2. The summed E-state index contributed by atoms with van der Waals surface area (Å²) in [4.78, 5) is 12.1. The normalized spacial score (nSPS) is 10.8. The Morgan fingerprint density at radius 2 is 1.83 bits per heavy atom. The van der Waals surface area contributed by atoms with Gasteiger partial charge in [-0.05, 0) is 48.6 Å². The molecule has 0 saturated carbocycles. The van der Waals surface area contributed by atoms with Crippen LogP contribution in [0.3, 0.4) is 0 Å². The molecule has 0 spiro atoms. The molecule has 2 aromatic carbocycles. The summed E-state index contributed by atoms with van der Waals surface area (Å²) in [7, 11) is 1.60. The van der Waals surface area contributed by atoms with Gasteiger partial charge in [-0.15, -0.1) is 0 Å². The number of ether oxygens (including phenoxy) is 1. The second kappa shape index (κ2) is 6.75. The van der Waals surface area contributed by atoms with Gasteiger partial charge in [0.15, 0.2) is 5.78 Å². The Kier molecular flexibility index (Phi) is 4.34. The summed E-state index contributed by atoms with van der Waals surface area (Å²) in [5.74, 6) is 0.676. The molecule has 0 fully saturated rings. The standard InChI is InChI=1S/C19H16N2O2/c1-23-18-10-8-16(9-11-18)19(22)12-7-15-13-20-21(14-15)17-5-3-2-4-6-17/h2-14H,1H3/b12-7+. The van der Waals surface area contributed by atoms with Crippen molar-refractivity contribution in [2.75, 3.05) is 7.11 Å². The number of methoxy groups -OCH3 is 1. The monoisotopic (exact) mass is 304 g/mol. The highest BCUT2D eigenvalue weighted by molar-refractivity contribution is 6.06. The van der Waals surface area contributed by atoms with E-state index in [9.17, 15) is 4.79 Å². The van der Waals surface area contributed by atoms with E-state index in [4.69, 9.17) is 4.74 Å². The molecule has 4 heteroatoms. The van der Waals surface area contributed by atoms with Crippen LogP contribution in [0, 0.1) is 0 Å². The Labute approximate surface area is 134 Å². The predicted molar refractivity (Wildman–Crippen MR) is 89.9 cm³/mol. The molecule has 1 heterocycles. The maximum absolute atomic E-state index is 12.1. The van der Waals surface area contributed by atoms with Crippen molar-refractivity contribution in [2.45, 2.75) is 0 Å². The minimum absolute atomic E-state index is 0.0554. The molecule has 23 heavy (non-hydrogen) atoms. The van der Waals surface area contributed by atoms with Crippen LogP contribution in [-0.4, -0.2) is 22.7 Å². The number of rotatable bonds is 5. The molecular weight excluding hydrogens is 288 g/mol. The zero-order valence-electron chi connectivity index (χ0n) is 12.7. The Bertz CT molecular complexity index is 818. The van der Waals surface area contributed by atoms with Crippen molar-refractivity contribution in [3.05, 3.63) is 84.2 Å². The third-order valence-corrected chi connectivity index (χ3v) is 3.42. The lowest BCUT2D eigenvalue weighted by Gasteiger charge is -2.00. The smallest absolute Gasteiger partial charge is 0.185 e. The number of carbonyl (C=O) groups excluding carboxylic acids is 1. The fourth-order valence-electron chi connectivity index (χ4n) is 2.17. The van der Waals surface area contributed by atoms with Gasteiger partial charge in [0.05, 0.1) is 19.0 Å². The zero-order valence-corrected chi connectivity index (χ0v) is 12.7. The SMILES string of the molecule is COc1ccc(C(=O)/C=C/c2cnn(-c3ccccc3)c2)cc1. The van der Waals surface area contributed by atoms with Gasteiger partial charge in [-0.3, -0.25) is 4.79 Å². The predicted octanol–water partition coefficient (Wildman–Crippen LogP) is 3.78. The van der Waals surface area contributed by atoms with Crippen molar-refractivity contribution in [1.29, 1.82) is 0 Å². The molecule has 4 nitrogen and oxygen atoms in total. The molecule has 0 radical (unpaired) electrons. The number of hydrogen-bond donors (Lipinski definition) is 0. The number of aromatic nitrogens is 2. The lowest BCUT2D eigenvalue weighted by Crippen LogP contribution is -1.94. The van der Waals surface area contributed by atoms with Crippen molar-refractivity contribution < 1.29 is 9.53 Å². The van der Waals surface area contributed by atoms with Gasteiger partial charge < -0.3 is 4.74 Å². The van der Waals surface area contributed by atoms with Crippen molar-refractivity contribution in [3.63, 3.8) is 0 Å². The van der Waals surface area contributed by atoms with Crippen molar-refractivity contribution >= 4 is 11.9 Å². The fraction of sp³-hybridized carbons (Fsp3) is 0.0526. The van der Waals surface area contributed by atoms with E-state index < -0.39 is 0 Å². The average Bonchev–Trinajstić information content (AvgIpc) is 3.09. The molecule has 0 saturated heterocycles.